The van der Waals surface area contributed by atoms with Crippen LogP contribution in [-0.4, -0.2) is 32.8 Å². The van der Waals surface area contributed by atoms with Crippen LogP contribution in [0.3, 0.4) is 0 Å². The summed E-state index contributed by atoms with van der Waals surface area (Å²) in [5.41, 5.74) is 0.541. The topological polar surface area (TPSA) is 83.1 Å². The molecule has 1 amide bonds. The monoisotopic (exact) mass is 475 g/mol. The molecule has 0 radical (unpaired) electrons. The van der Waals surface area contributed by atoms with Crippen molar-refractivity contribution in [3.8, 4) is 11.5 Å². The predicted octanol–water partition coefficient (Wildman–Crippen LogP) is 5.46. The molecule has 0 aliphatic rings. The number of rotatable bonds is 11. The maximum Gasteiger partial charge on any atom is 0.357 e. The summed E-state index contributed by atoms with van der Waals surface area (Å²) in [7, 11) is -2.17. The number of amides is 1. The lowest BCUT2D eigenvalue weighted by atomic mass is 10.2. The highest BCUT2D eigenvalue weighted by atomic mass is 35.5. The van der Waals surface area contributed by atoms with E-state index in [0.717, 1.165) is 0 Å². The van der Waals surface area contributed by atoms with E-state index in [9.17, 15) is 9.36 Å². The van der Waals surface area contributed by atoms with Gasteiger partial charge in [0.15, 0.2) is 12.4 Å². The fourth-order valence-corrected chi connectivity index (χ4v) is 5.00. The highest BCUT2D eigenvalue weighted by Gasteiger charge is 2.38. The van der Waals surface area contributed by atoms with Crippen LogP contribution in [0.25, 0.3) is 0 Å². The number of halogens is 2. The van der Waals surface area contributed by atoms with Gasteiger partial charge in [0.25, 0.3) is 5.91 Å². The minimum Gasteiger partial charge on any atom is -0.497 e. The largest absolute Gasteiger partial charge is 0.497 e. The van der Waals surface area contributed by atoms with E-state index in [2.05, 4.69) is 5.32 Å². The summed E-state index contributed by atoms with van der Waals surface area (Å²) in [6, 6.07) is 11.4. The Morgan fingerprint density at radius 1 is 1.07 bits per heavy atom. The summed E-state index contributed by atoms with van der Waals surface area (Å²) in [6.07, 6.45) is 0. The van der Waals surface area contributed by atoms with Gasteiger partial charge < -0.3 is 23.8 Å². The Hall–Kier alpha value is -1.76. The quantitative estimate of drug-likeness (QED) is 0.434. The molecule has 0 aliphatic carbocycles. The molecule has 0 spiro atoms. The molecule has 2 aromatic carbocycles. The van der Waals surface area contributed by atoms with Crippen LogP contribution in [0.15, 0.2) is 42.5 Å². The zero-order valence-electron chi connectivity index (χ0n) is 16.9. The van der Waals surface area contributed by atoms with Crippen LogP contribution in [0.1, 0.15) is 25.2 Å². The molecule has 0 heterocycles. The molecule has 2 aromatic rings. The van der Waals surface area contributed by atoms with E-state index in [4.69, 9.17) is 41.7 Å². The first kappa shape index (κ1) is 24.5. The van der Waals surface area contributed by atoms with Crippen molar-refractivity contribution in [1.29, 1.82) is 0 Å². The Morgan fingerprint density at radius 3 is 2.23 bits per heavy atom. The number of ether oxygens (including phenoxy) is 2. The smallest absolute Gasteiger partial charge is 0.357 e. The van der Waals surface area contributed by atoms with Gasteiger partial charge >= 0.3 is 7.60 Å². The van der Waals surface area contributed by atoms with Crippen LogP contribution >= 0.6 is 30.8 Å². The number of hydrogen-bond acceptors (Lipinski definition) is 6. The molecule has 1 N–H and O–H groups in total. The zero-order valence-corrected chi connectivity index (χ0v) is 19.3. The van der Waals surface area contributed by atoms with E-state index in [-0.39, 0.29) is 24.8 Å². The van der Waals surface area contributed by atoms with Gasteiger partial charge in [-0.2, -0.15) is 0 Å². The van der Waals surface area contributed by atoms with Gasteiger partial charge in [0.1, 0.15) is 11.5 Å². The van der Waals surface area contributed by atoms with Gasteiger partial charge in [0, 0.05) is 5.02 Å². The summed E-state index contributed by atoms with van der Waals surface area (Å²) in [5, 5.41) is 3.42. The number of methoxy groups -OCH3 is 1. The van der Waals surface area contributed by atoms with Gasteiger partial charge in [-0.1, -0.05) is 35.3 Å². The van der Waals surface area contributed by atoms with Gasteiger partial charge in [0.2, 0.25) is 0 Å². The lowest BCUT2D eigenvalue weighted by Gasteiger charge is -2.27. The molecular weight excluding hydrogens is 452 g/mol. The summed E-state index contributed by atoms with van der Waals surface area (Å²) in [6.45, 7) is 3.34. The number of carbonyl (C=O) groups is 1. The third-order valence-corrected chi connectivity index (χ3v) is 6.74. The summed E-state index contributed by atoms with van der Waals surface area (Å²) >= 11 is 11.9. The Labute approximate surface area is 186 Å². The first-order chi connectivity index (χ1) is 14.3. The van der Waals surface area contributed by atoms with E-state index in [1.54, 1.807) is 57.4 Å². The SMILES string of the molecule is CCOP(=O)(OCC)C(NC(=O)COc1ccc(Cl)cc1Cl)c1ccc(OC)cc1. The maximum atomic E-state index is 13.4. The fourth-order valence-electron chi connectivity index (χ4n) is 2.61. The third-order valence-electron chi connectivity index (χ3n) is 3.92. The molecule has 0 aromatic heterocycles. The second kappa shape index (κ2) is 11.6. The van der Waals surface area contributed by atoms with Gasteiger partial charge in [-0.15, -0.1) is 0 Å². The van der Waals surface area contributed by atoms with Crippen molar-refractivity contribution >= 4 is 36.7 Å². The van der Waals surface area contributed by atoms with Crippen molar-refractivity contribution in [2.45, 2.75) is 19.6 Å². The average Bonchev–Trinajstić information content (AvgIpc) is 2.72. The number of nitrogens with one attached hydrogen (secondary N) is 1. The molecule has 0 bridgehead atoms. The van der Waals surface area contributed by atoms with Crippen molar-refractivity contribution in [2.24, 2.45) is 0 Å². The molecule has 10 heteroatoms. The van der Waals surface area contributed by atoms with Crippen LogP contribution < -0.4 is 14.8 Å². The normalized spacial score (nSPS) is 12.3. The number of carbonyl (C=O) groups excluding carboxylic acids is 1. The van der Waals surface area contributed by atoms with Crippen LogP contribution in [0, 0.1) is 0 Å². The standard InChI is InChI=1S/C20H24Cl2NO6P/c1-4-28-30(25,29-5-2)20(14-6-9-16(26-3)10-7-14)23-19(24)13-27-18-11-8-15(21)12-17(18)22/h6-12,20H,4-5,13H2,1-3H3,(H,23,24). The molecule has 0 saturated carbocycles. The Bertz CT molecular complexity index is 883. The van der Waals surface area contributed by atoms with Crippen LogP contribution in [0.4, 0.5) is 0 Å². The van der Waals surface area contributed by atoms with Crippen LogP contribution in [-0.2, 0) is 18.4 Å². The fraction of sp³-hybridized carbons (Fsp3) is 0.350. The van der Waals surface area contributed by atoms with E-state index in [1.807, 2.05) is 0 Å². The van der Waals surface area contributed by atoms with Gasteiger partial charge in [-0.25, -0.2) is 0 Å². The van der Waals surface area contributed by atoms with Gasteiger partial charge in [-0.05, 0) is 49.7 Å². The molecule has 164 valence electrons. The summed E-state index contributed by atoms with van der Waals surface area (Å²) in [5.74, 6) is -0.635. The molecule has 30 heavy (non-hydrogen) atoms. The lowest BCUT2D eigenvalue weighted by Crippen LogP contribution is -2.33. The number of benzene rings is 2. The predicted molar refractivity (Wildman–Crippen MR) is 117 cm³/mol. The van der Waals surface area contributed by atoms with Crippen molar-refractivity contribution in [3.63, 3.8) is 0 Å². The Kier molecular flexibility index (Phi) is 9.46. The van der Waals surface area contributed by atoms with Crippen molar-refractivity contribution in [1.82, 2.24) is 5.32 Å². The molecule has 0 saturated heterocycles. The van der Waals surface area contributed by atoms with Crippen molar-refractivity contribution < 1.29 is 27.9 Å². The van der Waals surface area contributed by atoms with E-state index in [0.29, 0.717) is 22.1 Å². The van der Waals surface area contributed by atoms with E-state index in [1.165, 1.54) is 6.07 Å². The Morgan fingerprint density at radius 2 is 1.70 bits per heavy atom. The van der Waals surface area contributed by atoms with E-state index >= 15 is 0 Å². The minimum absolute atomic E-state index is 0.149. The van der Waals surface area contributed by atoms with Crippen LogP contribution in [0.5, 0.6) is 11.5 Å². The molecular formula is C20H24Cl2NO6P. The van der Waals surface area contributed by atoms with E-state index < -0.39 is 19.3 Å². The van der Waals surface area contributed by atoms with Crippen molar-refractivity contribution in [3.05, 3.63) is 58.1 Å². The second-order valence-corrected chi connectivity index (χ2v) is 8.94. The lowest BCUT2D eigenvalue weighted by molar-refractivity contribution is -0.123. The van der Waals surface area contributed by atoms with Gasteiger partial charge in [0.05, 0.1) is 25.3 Å². The van der Waals surface area contributed by atoms with Crippen molar-refractivity contribution in [2.75, 3.05) is 26.9 Å². The molecule has 1 atom stereocenters. The zero-order chi connectivity index (χ0) is 22.1. The maximum absolute atomic E-state index is 13.4. The molecule has 0 fully saturated rings. The Balaban J connectivity index is 2.22. The van der Waals surface area contributed by atoms with Crippen LogP contribution in [0.2, 0.25) is 10.0 Å². The highest BCUT2D eigenvalue weighted by Crippen LogP contribution is 2.59. The summed E-state index contributed by atoms with van der Waals surface area (Å²) in [4.78, 5) is 12.6. The molecule has 2 rings (SSSR count). The number of hydrogen-bond donors (Lipinski definition) is 1. The van der Waals surface area contributed by atoms with Gasteiger partial charge in [-0.3, -0.25) is 9.36 Å². The third kappa shape index (κ3) is 6.62. The first-order valence-electron chi connectivity index (χ1n) is 9.23. The average molecular weight is 476 g/mol. The molecule has 1 unspecified atom stereocenters. The highest BCUT2D eigenvalue weighted by molar-refractivity contribution is 7.54. The molecule has 0 aliphatic heterocycles. The first-order valence-corrected chi connectivity index (χ1v) is 11.6. The molecule has 7 nitrogen and oxygen atoms in total. The summed E-state index contributed by atoms with van der Waals surface area (Å²) < 4.78 is 34.9. The second-order valence-electron chi connectivity index (χ2n) is 5.98. The minimum atomic E-state index is -3.71.